The van der Waals surface area contributed by atoms with Crippen molar-refractivity contribution in [2.24, 2.45) is 0 Å². The number of aromatic hydroxyl groups is 1. The molecule has 1 heterocycles. The molecule has 21 heavy (non-hydrogen) atoms. The van der Waals surface area contributed by atoms with Crippen LogP contribution in [0.4, 0.5) is 11.4 Å². The smallest absolute Gasteiger partial charge is 0.276 e. The molecule has 0 aliphatic carbocycles. The first-order valence-corrected chi connectivity index (χ1v) is 5.82. The molecule has 0 saturated carbocycles. The van der Waals surface area contributed by atoms with E-state index in [2.05, 4.69) is 10.4 Å². The SMILES string of the molecule is COCn1ccc(C(=O)Nc2cc([N+](=O)[O-])ccc2O)n1. The Morgan fingerprint density at radius 2 is 2.29 bits per heavy atom. The molecule has 0 spiro atoms. The third-order valence-electron chi connectivity index (χ3n) is 2.57. The first kappa shape index (κ1) is 14.5. The number of nitro groups is 1. The first-order valence-electron chi connectivity index (χ1n) is 5.82. The number of nitrogens with one attached hydrogen (secondary N) is 1. The van der Waals surface area contributed by atoms with E-state index in [-0.39, 0.29) is 29.5 Å². The van der Waals surface area contributed by atoms with Gasteiger partial charge in [0.25, 0.3) is 11.6 Å². The Hall–Kier alpha value is -2.94. The molecule has 1 aromatic heterocycles. The van der Waals surface area contributed by atoms with Crippen LogP contribution in [0.15, 0.2) is 30.5 Å². The Morgan fingerprint density at radius 3 is 2.95 bits per heavy atom. The van der Waals surface area contributed by atoms with Crippen LogP contribution >= 0.6 is 0 Å². The van der Waals surface area contributed by atoms with Gasteiger partial charge in [-0.05, 0) is 12.1 Å². The summed E-state index contributed by atoms with van der Waals surface area (Å²) in [6.07, 6.45) is 1.55. The van der Waals surface area contributed by atoms with Crippen molar-refractivity contribution in [3.8, 4) is 5.75 Å². The Morgan fingerprint density at radius 1 is 1.52 bits per heavy atom. The fourth-order valence-corrected chi connectivity index (χ4v) is 1.61. The van der Waals surface area contributed by atoms with Gasteiger partial charge in [0, 0.05) is 25.4 Å². The van der Waals surface area contributed by atoms with Crippen LogP contribution in [0.5, 0.6) is 5.75 Å². The molecule has 9 nitrogen and oxygen atoms in total. The zero-order valence-electron chi connectivity index (χ0n) is 11.0. The summed E-state index contributed by atoms with van der Waals surface area (Å²) in [4.78, 5) is 22.0. The quantitative estimate of drug-likeness (QED) is 0.487. The molecule has 2 rings (SSSR count). The van der Waals surface area contributed by atoms with Crippen molar-refractivity contribution >= 4 is 17.3 Å². The summed E-state index contributed by atoms with van der Waals surface area (Å²) in [7, 11) is 1.49. The van der Waals surface area contributed by atoms with E-state index in [1.54, 1.807) is 6.20 Å². The summed E-state index contributed by atoms with van der Waals surface area (Å²) >= 11 is 0. The number of aromatic nitrogens is 2. The molecule has 0 bridgehead atoms. The monoisotopic (exact) mass is 292 g/mol. The number of methoxy groups -OCH3 is 1. The van der Waals surface area contributed by atoms with Crippen LogP contribution in [0.25, 0.3) is 0 Å². The van der Waals surface area contributed by atoms with Gasteiger partial charge in [-0.2, -0.15) is 5.10 Å². The predicted octanol–water partition coefficient (Wildman–Crippen LogP) is 1.35. The fraction of sp³-hybridized carbons (Fsp3) is 0.167. The molecule has 9 heteroatoms. The van der Waals surface area contributed by atoms with Gasteiger partial charge in [0.15, 0.2) is 5.69 Å². The Bertz CT molecular complexity index is 682. The summed E-state index contributed by atoms with van der Waals surface area (Å²) in [5.74, 6) is -0.870. The Balaban J connectivity index is 2.18. The van der Waals surface area contributed by atoms with Crippen LogP contribution in [0.2, 0.25) is 0 Å². The maximum atomic E-state index is 12.0. The number of benzene rings is 1. The molecule has 2 N–H and O–H groups in total. The highest BCUT2D eigenvalue weighted by Crippen LogP contribution is 2.28. The second kappa shape index (κ2) is 6.01. The Labute approximate surface area is 118 Å². The number of hydrogen-bond acceptors (Lipinski definition) is 6. The minimum Gasteiger partial charge on any atom is -0.506 e. The normalized spacial score (nSPS) is 10.3. The van der Waals surface area contributed by atoms with Gasteiger partial charge in [-0.1, -0.05) is 0 Å². The van der Waals surface area contributed by atoms with E-state index < -0.39 is 10.8 Å². The molecular formula is C12H12N4O5. The topological polar surface area (TPSA) is 120 Å². The number of ether oxygens (including phenoxy) is 1. The van der Waals surface area contributed by atoms with Gasteiger partial charge in [0.2, 0.25) is 0 Å². The minimum absolute atomic E-state index is 0.0597. The number of hydrogen-bond donors (Lipinski definition) is 2. The maximum absolute atomic E-state index is 12.0. The number of phenols is 1. The highest BCUT2D eigenvalue weighted by Gasteiger charge is 2.15. The van der Waals surface area contributed by atoms with Gasteiger partial charge in [0.05, 0.1) is 10.6 Å². The van der Waals surface area contributed by atoms with Crippen LogP contribution in [-0.2, 0) is 11.5 Å². The number of carbonyl (C=O) groups is 1. The van der Waals surface area contributed by atoms with Gasteiger partial charge < -0.3 is 15.2 Å². The van der Waals surface area contributed by atoms with Crippen LogP contribution < -0.4 is 5.32 Å². The van der Waals surface area contributed by atoms with E-state index in [4.69, 9.17) is 4.74 Å². The number of anilines is 1. The van der Waals surface area contributed by atoms with Gasteiger partial charge in [0.1, 0.15) is 12.5 Å². The Kier molecular flexibility index (Phi) is 4.14. The lowest BCUT2D eigenvalue weighted by Gasteiger charge is -2.05. The lowest BCUT2D eigenvalue weighted by Crippen LogP contribution is -2.14. The van der Waals surface area contributed by atoms with Crippen molar-refractivity contribution in [2.45, 2.75) is 6.73 Å². The molecule has 110 valence electrons. The van der Waals surface area contributed by atoms with Crippen LogP contribution in [0, 0.1) is 10.1 Å². The number of amides is 1. The number of nitro benzene ring substituents is 1. The lowest BCUT2D eigenvalue weighted by atomic mass is 10.2. The number of carbonyl (C=O) groups excluding carboxylic acids is 1. The summed E-state index contributed by atoms with van der Waals surface area (Å²) in [6, 6.07) is 4.80. The standard InChI is InChI=1S/C12H12N4O5/c1-21-7-15-5-4-9(14-15)12(18)13-10-6-8(16(19)20)2-3-11(10)17/h2-6,17H,7H2,1H3,(H,13,18). The van der Waals surface area contributed by atoms with E-state index in [9.17, 15) is 20.0 Å². The van der Waals surface area contributed by atoms with Crippen molar-refractivity contribution < 1.29 is 19.6 Å². The highest BCUT2D eigenvalue weighted by atomic mass is 16.6. The molecule has 1 aromatic carbocycles. The summed E-state index contributed by atoms with van der Waals surface area (Å²) in [6.45, 7) is 0.190. The van der Waals surface area contributed by atoms with Crippen molar-refractivity contribution in [3.63, 3.8) is 0 Å². The third-order valence-corrected chi connectivity index (χ3v) is 2.57. The molecule has 0 fully saturated rings. The molecule has 2 aromatic rings. The van der Waals surface area contributed by atoms with Crippen molar-refractivity contribution in [1.29, 1.82) is 0 Å². The van der Waals surface area contributed by atoms with Gasteiger partial charge >= 0.3 is 0 Å². The van der Waals surface area contributed by atoms with E-state index in [1.165, 1.54) is 17.9 Å². The van der Waals surface area contributed by atoms with E-state index >= 15 is 0 Å². The van der Waals surface area contributed by atoms with E-state index in [0.717, 1.165) is 18.2 Å². The van der Waals surface area contributed by atoms with Crippen molar-refractivity contribution in [3.05, 3.63) is 46.3 Å². The third kappa shape index (κ3) is 3.34. The first-order chi connectivity index (χ1) is 10.0. The second-order valence-corrected chi connectivity index (χ2v) is 4.07. The molecule has 0 atom stereocenters. The fourth-order valence-electron chi connectivity index (χ4n) is 1.61. The summed E-state index contributed by atoms with van der Waals surface area (Å²) in [5, 5.41) is 26.6. The van der Waals surface area contributed by atoms with E-state index in [1.807, 2.05) is 0 Å². The predicted molar refractivity (Wildman–Crippen MR) is 72.0 cm³/mol. The zero-order valence-corrected chi connectivity index (χ0v) is 11.0. The van der Waals surface area contributed by atoms with Crippen molar-refractivity contribution in [1.82, 2.24) is 9.78 Å². The molecule has 0 radical (unpaired) electrons. The minimum atomic E-state index is -0.623. The maximum Gasteiger partial charge on any atom is 0.276 e. The van der Waals surface area contributed by atoms with Gasteiger partial charge in [-0.15, -0.1) is 0 Å². The molecule has 0 aliphatic rings. The molecule has 0 saturated heterocycles. The summed E-state index contributed by atoms with van der Waals surface area (Å²) < 4.78 is 6.26. The average Bonchev–Trinajstić information content (AvgIpc) is 2.90. The largest absolute Gasteiger partial charge is 0.506 e. The van der Waals surface area contributed by atoms with Crippen LogP contribution in [0.3, 0.4) is 0 Å². The molecular weight excluding hydrogens is 280 g/mol. The van der Waals surface area contributed by atoms with Crippen LogP contribution in [-0.4, -0.2) is 32.8 Å². The highest BCUT2D eigenvalue weighted by molar-refractivity contribution is 6.03. The van der Waals surface area contributed by atoms with Crippen molar-refractivity contribution in [2.75, 3.05) is 12.4 Å². The number of phenolic OH excluding ortho intramolecular Hbond substituents is 1. The average molecular weight is 292 g/mol. The lowest BCUT2D eigenvalue weighted by molar-refractivity contribution is -0.384. The van der Waals surface area contributed by atoms with Gasteiger partial charge in [-0.3, -0.25) is 14.9 Å². The second-order valence-electron chi connectivity index (χ2n) is 4.07. The number of rotatable bonds is 5. The molecule has 0 aliphatic heterocycles. The summed E-state index contributed by atoms with van der Waals surface area (Å²) in [5.41, 5.74) is -0.207. The number of non-ortho nitro benzene ring substituents is 1. The van der Waals surface area contributed by atoms with Gasteiger partial charge in [-0.25, -0.2) is 4.68 Å². The molecule has 1 amide bonds. The van der Waals surface area contributed by atoms with Crippen LogP contribution in [0.1, 0.15) is 10.5 Å². The van der Waals surface area contributed by atoms with E-state index in [0.29, 0.717) is 0 Å². The molecule has 0 unspecified atom stereocenters. The zero-order chi connectivity index (χ0) is 15.4. The number of nitrogens with zero attached hydrogens (tertiary/aromatic N) is 3.